The van der Waals surface area contributed by atoms with Crippen LogP contribution in [0, 0.1) is 11.8 Å². The molecule has 0 aromatic heterocycles. The number of aliphatic hydroxyl groups excluding tert-OH is 6. The molecule has 19 heteroatoms. The maximum absolute atomic E-state index is 13.3. The number of carbonyl (C=O) groups excluding carboxylic acids is 3. The van der Waals surface area contributed by atoms with Gasteiger partial charge in [-0.05, 0) is 93.9 Å². The van der Waals surface area contributed by atoms with Gasteiger partial charge in [-0.1, -0.05) is 20.3 Å². The quantitative estimate of drug-likeness (QED) is 0.110. The van der Waals surface area contributed by atoms with Crippen LogP contribution in [0.15, 0.2) is 0 Å². The van der Waals surface area contributed by atoms with Gasteiger partial charge in [0.2, 0.25) is 0 Å². The summed E-state index contributed by atoms with van der Waals surface area (Å²) in [6, 6.07) is -2.84. The number of aliphatic hydroxyl groups is 6. The zero-order valence-electron chi connectivity index (χ0n) is 36.7. The monoisotopic (exact) mass is 851 g/mol. The Labute approximate surface area is 348 Å². The van der Waals surface area contributed by atoms with E-state index in [4.69, 9.17) is 28.4 Å². The van der Waals surface area contributed by atoms with E-state index in [1.807, 2.05) is 6.92 Å². The van der Waals surface area contributed by atoms with Crippen LogP contribution in [0.1, 0.15) is 108 Å². The van der Waals surface area contributed by atoms with Crippen LogP contribution in [0.25, 0.3) is 0 Å². The van der Waals surface area contributed by atoms with Crippen molar-refractivity contribution in [1.82, 2.24) is 21.3 Å². The molecule has 1 aliphatic carbocycles. The smallest absolute Gasteiger partial charge is 0.408 e. The molecule has 3 aliphatic rings. The molecule has 3 fully saturated rings. The lowest BCUT2D eigenvalue weighted by Crippen LogP contribution is -2.68. The molecule has 2 saturated heterocycles. The highest BCUT2D eigenvalue weighted by Crippen LogP contribution is 2.40. The van der Waals surface area contributed by atoms with E-state index in [1.165, 1.54) is 0 Å². The van der Waals surface area contributed by atoms with Crippen LogP contribution in [-0.4, -0.2) is 165 Å². The van der Waals surface area contributed by atoms with Crippen LogP contribution in [-0.2, 0) is 28.4 Å². The fourth-order valence-electron chi connectivity index (χ4n) is 7.79. The summed E-state index contributed by atoms with van der Waals surface area (Å²) in [6.07, 6.45) is -12.5. The predicted molar refractivity (Wildman–Crippen MR) is 213 cm³/mol. The summed E-state index contributed by atoms with van der Waals surface area (Å²) in [4.78, 5) is 38.2. The number of ether oxygens (including phenoxy) is 6. The van der Waals surface area contributed by atoms with Crippen molar-refractivity contribution in [1.29, 1.82) is 0 Å². The molecule has 15 unspecified atom stereocenters. The Kier molecular flexibility index (Phi) is 18.5. The molecular formula is C40H74N4O15. The molecule has 0 spiro atoms. The van der Waals surface area contributed by atoms with Gasteiger partial charge in [-0.25, -0.2) is 14.4 Å². The second-order valence-corrected chi connectivity index (χ2v) is 19.1. The van der Waals surface area contributed by atoms with Gasteiger partial charge in [-0.3, -0.25) is 0 Å². The summed E-state index contributed by atoms with van der Waals surface area (Å²) in [5, 5.41) is 78.3. The molecule has 0 radical (unpaired) electrons. The van der Waals surface area contributed by atoms with Gasteiger partial charge in [0.15, 0.2) is 6.29 Å². The first kappa shape index (κ1) is 50.8. The van der Waals surface area contributed by atoms with E-state index in [0.717, 1.165) is 0 Å². The van der Waals surface area contributed by atoms with Gasteiger partial charge < -0.3 is 80.3 Å². The van der Waals surface area contributed by atoms with Gasteiger partial charge in [-0.2, -0.15) is 0 Å². The third kappa shape index (κ3) is 15.7. The number of nitrogens with one attached hydrogen (secondary N) is 4. The van der Waals surface area contributed by atoms with Crippen molar-refractivity contribution in [3.05, 3.63) is 0 Å². The van der Waals surface area contributed by atoms with Crippen LogP contribution in [0.3, 0.4) is 0 Å². The summed E-state index contributed by atoms with van der Waals surface area (Å²) in [5.41, 5.74) is -2.42. The molecule has 2 aliphatic heterocycles. The Hall–Kier alpha value is -2.59. The second kappa shape index (κ2) is 21.5. The van der Waals surface area contributed by atoms with Crippen molar-refractivity contribution in [2.24, 2.45) is 11.8 Å². The molecule has 3 amide bonds. The Morgan fingerprint density at radius 1 is 0.763 bits per heavy atom. The van der Waals surface area contributed by atoms with E-state index in [2.05, 4.69) is 21.3 Å². The summed E-state index contributed by atoms with van der Waals surface area (Å²) in [5.74, 6) is -1.45. The molecule has 0 aromatic carbocycles. The highest BCUT2D eigenvalue weighted by molar-refractivity contribution is 5.69. The van der Waals surface area contributed by atoms with Gasteiger partial charge in [0.05, 0.1) is 49.3 Å². The largest absolute Gasteiger partial charge is 0.444 e. The first-order chi connectivity index (χ1) is 27.2. The maximum atomic E-state index is 13.3. The molecule has 15 atom stereocenters. The van der Waals surface area contributed by atoms with E-state index in [1.54, 1.807) is 69.2 Å². The highest BCUT2D eigenvalue weighted by Gasteiger charge is 2.55. The normalized spacial score (nSPS) is 34.9. The Balaban J connectivity index is 1.93. The van der Waals surface area contributed by atoms with Crippen molar-refractivity contribution in [2.75, 3.05) is 19.7 Å². The molecule has 0 bridgehead atoms. The summed E-state index contributed by atoms with van der Waals surface area (Å²) in [6.45, 7) is 18.5. The lowest BCUT2D eigenvalue weighted by Gasteiger charge is -2.52. The molecule has 19 nitrogen and oxygen atoms in total. The topological polar surface area (TPSA) is 276 Å². The summed E-state index contributed by atoms with van der Waals surface area (Å²) < 4.78 is 35.0. The molecule has 1 saturated carbocycles. The van der Waals surface area contributed by atoms with E-state index in [9.17, 15) is 45.0 Å². The number of amides is 3. The highest BCUT2D eigenvalue weighted by atomic mass is 16.7. The van der Waals surface area contributed by atoms with Gasteiger partial charge in [0.1, 0.15) is 35.1 Å². The van der Waals surface area contributed by atoms with Crippen LogP contribution in [0.4, 0.5) is 14.4 Å². The lowest BCUT2D eigenvalue weighted by molar-refractivity contribution is -0.312. The molecule has 2 heterocycles. The third-order valence-corrected chi connectivity index (χ3v) is 10.3. The van der Waals surface area contributed by atoms with E-state index < -0.39 is 133 Å². The minimum atomic E-state index is -1.69. The number of hydrogen-bond acceptors (Lipinski definition) is 16. The molecule has 59 heavy (non-hydrogen) atoms. The lowest BCUT2D eigenvalue weighted by atomic mass is 9.69. The van der Waals surface area contributed by atoms with Gasteiger partial charge >= 0.3 is 18.3 Å². The Morgan fingerprint density at radius 3 is 1.90 bits per heavy atom. The maximum Gasteiger partial charge on any atom is 0.408 e. The predicted octanol–water partition coefficient (Wildman–Crippen LogP) is 1.17. The molecule has 0 aromatic rings. The zero-order valence-corrected chi connectivity index (χ0v) is 36.7. The zero-order chi connectivity index (χ0) is 44.6. The van der Waals surface area contributed by atoms with Crippen molar-refractivity contribution in [3.8, 4) is 0 Å². The van der Waals surface area contributed by atoms with E-state index in [0.29, 0.717) is 12.8 Å². The number of rotatable bonds is 14. The van der Waals surface area contributed by atoms with Crippen molar-refractivity contribution < 1.29 is 73.4 Å². The first-order valence-corrected chi connectivity index (χ1v) is 20.9. The Morgan fingerprint density at radius 2 is 1.34 bits per heavy atom. The van der Waals surface area contributed by atoms with Crippen molar-refractivity contribution in [2.45, 2.75) is 204 Å². The van der Waals surface area contributed by atoms with Crippen molar-refractivity contribution in [3.63, 3.8) is 0 Å². The van der Waals surface area contributed by atoms with Crippen LogP contribution in [0.5, 0.6) is 0 Å². The Bertz CT molecular complexity index is 1340. The summed E-state index contributed by atoms with van der Waals surface area (Å²) >= 11 is 0. The fourth-order valence-corrected chi connectivity index (χ4v) is 7.79. The second-order valence-electron chi connectivity index (χ2n) is 19.1. The minimum Gasteiger partial charge on any atom is -0.444 e. The molecule has 3 rings (SSSR count). The number of alkyl carbamates (subject to hydrolysis) is 3. The average Bonchev–Trinajstić information content (AvgIpc) is 3.07. The average molecular weight is 851 g/mol. The van der Waals surface area contributed by atoms with Gasteiger partial charge in [0, 0.05) is 31.1 Å². The first-order valence-electron chi connectivity index (χ1n) is 20.9. The SMILES string of the molecule is CCCC1OC(C2C(NC(=O)OC(C)(C)C)CC(C)C(OC3OC(CO)C(O)C(NC(=O)OC(C)(C)C)C3O)C2O)C(NCC(O)CCNC(=O)OC(C)(C)C)CC1O. The molecule has 344 valence electrons. The fraction of sp³-hybridized carbons (Fsp3) is 0.925. The van der Waals surface area contributed by atoms with Crippen molar-refractivity contribution >= 4 is 18.3 Å². The molecule has 10 N–H and O–H groups in total. The molecular weight excluding hydrogens is 776 g/mol. The van der Waals surface area contributed by atoms with Crippen LogP contribution < -0.4 is 21.3 Å². The van der Waals surface area contributed by atoms with E-state index >= 15 is 0 Å². The van der Waals surface area contributed by atoms with E-state index in [-0.39, 0.29) is 32.4 Å². The standard InChI is InChI=1S/C40H74N4O15/c1-12-13-25-24(47)17-23(42-18-21(46)14-15-41-35(51)57-38(3,4)5)33(54-25)27-22(43-36(52)58-39(6,7)8)16-20(2)32(30(27)49)56-34-31(50)28(29(48)26(19-45)55-34)44-37(53)59-40(9,10)11/h20-34,42,45-50H,12-19H2,1-11H3,(H,41,51)(H,43,52)(H,44,53). The minimum absolute atomic E-state index is 0.0218. The van der Waals surface area contributed by atoms with Crippen LogP contribution in [0.2, 0.25) is 0 Å². The number of hydrogen-bond donors (Lipinski definition) is 10. The van der Waals surface area contributed by atoms with Crippen LogP contribution >= 0.6 is 0 Å². The van der Waals surface area contributed by atoms with Gasteiger partial charge in [-0.15, -0.1) is 0 Å². The number of carbonyl (C=O) groups is 3. The summed E-state index contributed by atoms with van der Waals surface area (Å²) in [7, 11) is 0. The van der Waals surface area contributed by atoms with Gasteiger partial charge in [0.25, 0.3) is 0 Å². The third-order valence-electron chi connectivity index (χ3n) is 10.3.